The lowest BCUT2D eigenvalue weighted by Crippen LogP contribution is -2.06. The van der Waals surface area contributed by atoms with Gasteiger partial charge in [0.1, 0.15) is 0 Å². The summed E-state index contributed by atoms with van der Waals surface area (Å²) in [7, 11) is 0. The second-order valence-electron chi connectivity index (χ2n) is 4.52. The standard InChI is InChI=1S/C16H15N5/c1-2-14(15-9-5-6-10-17-15)19-21-16-13-8-4-3-7-12(13)11-18-20-16/h3-11H,2H2,1H3,(H,20,21)/b19-14+. The molecule has 0 saturated heterocycles. The molecule has 0 unspecified atom stereocenters. The van der Waals surface area contributed by atoms with E-state index in [0.717, 1.165) is 28.6 Å². The first-order chi connectivity index (χ1) is 10.4. The molecule has 0 radical (unpaired) electrons. The summed E-state index contributed by atoms with van der Waals surface area (Å²) in [6, 6.07) is 13.7. The molecule has 1 N–H and O–H groups in total. The molecule has 104 valence electrons. The van der Waals surface area contributed by atoms with Crippen molar-refractivity contribution in [2.75, 3.05) is 5.43 Å². The molecule has 0 saturated carbocycles. The van der Waals surface area contributed by atoms with Crippen molar-refractivity contribution in [3.05, 3.63) is 60.6 Å². The fourth-order valence-corrected chi connectivity index (χ4v) is 2.08. The van der Waals surface area contributed by atoms with Crippen LogP contribution in [0, 0.1) is 0 Å². The number of nitrogens with one attached hydrogen (secondary N) is 1. The molecular weight excluding hydrogens is 262 g/mol. The molecule has 0 aliphatic heterocycles. The van der Waals surface area contributed by atoms with Crippen LogP contribution in [0.5, 0.6) is 0 Å². The van der Waals surface area contributed by atoms with Gasteiger partial charge in [-0.15, -0.1) is 5.10 Å². The van der Waals surface area contributed by atoms with Gasteiger partial charge in [0.05, 0.1) is 17.6 Å². The van der Waals surface area contributed by atoms with E-state index < -0.39 is 0 Å². The lowest BCUT2D eigenvalue weighted by Gasteiger charge is -2.06. The van der Waals surface area contributed by atoms with E-state index in [-0.39, 0.29) is 0 Å². The van der Waals surface area contributed by atoms with Gasteiger partial charge in [0.15, 0.2) is 5.82 Å². The van der Waals surface area contributed by atoms with Crippen LogP contribution in [0.25, 0.3) is 10.8 Å². The number of nitrogens with zero attached hydrogens (tertiary/aromatic N) is 4. The Labute approximate surface area is 122 Å². The molecule has 0 atom stereocenters. The highest BCUT2D eigenvalue weighted by Gasteiger charge is 2.04. The maximum atomic E-state index is 4.43. The van der Waals surface area contributed by atoms with Gasteiger partial charge in [-0.1, -0.05) is 37.3 Å². The molecular formula is C16H15N5. The molecule has 0 bridgehead atoms. The maximum Gasteiger partial charge on any atom is 0.176 e. The number of anilines is 1. The van der Waals surface area contributed by atoms with Crippen LogP contribution < -0.4 is 5.43 Å². The summed E-state index contributed by atoms with van der Waals surface area (Å²) in [6.45, 7) is 2.05. The molecule has 0 amide bonds. The summed E-state index contributed by atoms with van der Waals surface area (Å²) in [6.07, 6.45) is 4.28. The molecule has 3 rings (SSSR count). The highest BCUT2D eigenvalue weighted by molar-refractivity contribution is 5.99. The number of hydrogen-bond donors (Lipinski definition) is 1. The Kier molecular flexibility index (Phi) is 3.82. The topological polar surface area (TPSA) is 63.1 Å². The van der Waals surface area contributed by atoms with Crippen LogP contribution in [0.4, 0.5) is 5.82 Å². The van der Waals surface area contributed by atoms with E-state index in [2.05, 4.69) is 25.7 Å². The summed E-state index contributed by atoms with van der Waals surface area (Å²) in [5, 5.41) is 14.6. The normalized spacial score (nSPS) is 11.6. The molecule has 0 fully saturated rings. The molecule has 1 aromatic carbocycles. The molecule has 0 spiro atoms. The van der Waals surface area contributed by atoms with E-state index in [9.17, 15) is 0 Å². The molecule has 2 heterocycles. The molecule has 2 aromatic heterocycles. The monoisotopic (exact) mass is 277 g/mol. The van der Waals surface area contributed by atoms with Crippen molar-refractivity contribution in [1.29, 1.82) is 0 Å². The lowest BCUT2D eigenvalue weighted by molar-refractivity contribution is 1.03. The maximum absolute atomic E-state index is 4.43. The number of hydrazone groups is 1. The summed E-state index contributed by atoms with van der Waals surface area (Å²) in [5.74, 6) is 0.648. The third-order valence-corrected chi connectivity index (χ3v) is 3.16. The molecule has 5 heteroatoms. The van der Waals surface area contributed by atoms with E-state index >= 15 is 0 Å². The van der Waals surface area contributed by atoms with Gasteiger partial charge in [0.2, 0.25) is 0 Å². The SMILES string of the molecule is CC/C(=N\Nc1nncc2ccccc12)c1ccccn1. The predicted octanol–water partition coefficient (Wildman–Crippen LogP) is 3.25. The van der Waals surface area contributed by atoms with Crippen LogP contribution in [0.1, 0.15) is 19.0 Å². The minimum atomic E-state index is 0.648. The van der Waals surface area contributed by atoms with Crippen molar-refractivity contribution >= 4 is 22.3 Å². The van der Waals surface area contributed by atoms with Gasteiger partial charge in [-0.05, 0) is 18.6 Å². The third kappa shape index (κ3) is 2.86. The minimum Gasteiger partial charge on any atom is -0.259 e. The van der Waals surface area contributed by atoms with Crippen molar-refractivity contribution in [2.45, 2.75) is 13.3 Å². The fraction of sp³-hybridized carbons (Fsp3) is 0.125. The van der Waals surface area contributed by atoms with Gasteiger partial charge < -0.3 is 0 Å². The Morgan fingerprint density at radius 2 is 2.00 bits per heavy atom. The number of aromatic nitrogens is 3. The van der Waals surface area contributed by atoms with E-state index in [0.29, 0.717) is 5.82 Å². The van der Waals surface area contributed by atoms with Gasteiger partial charge in [-0.3, -0.25) is 10.4 Å². The van der Waals surface area contributed by atoms with Crippen molar-refractivity contribution in [2.24, 2.45) is 5.10 Å². The van der Waals surface area contributed by atoms with Crippen molar-refractivity contribution < 1.29 is 0 Å². The second-order valence-corrected chi connectivity index (χ2v) is 4.52. The van der Waals surface area contributed by atoms with E-state index in [1.807, 2.05) is 49.4 Å². The smallest absolute Gasteiger partial charge is 0.176 e. The largest absolute Gasteiger partial charge is 0.259 e. The first-order valence-corrected chi connectivity index (χ1v) is 6.83. The molecule has 0 aliphatic carbocycles. The van der Waals surface area contributed by atoms with Gasteiger partial charge in [-0.25, -0.2) is 0 Å². The van der Waals surface area contributed by atoms with Gasteiger partial charge in [0.25, 0.3) is 0 Å². The predicted molar refractivity (Wildman–Crippen MR) is 84.2 cm³/mol. The highest BCUT2D eigenvalue weighted by atomic mass is 15.3. The fourth-order valence-electron chi connectivity index (χ4n) is 2.08. The zero-order valence-corrected chi connectivity index (χ0v) is 11.7. The van der Waals surface area contributed by atoms with E-state index in [1.165, 1.54) is 0 Å². The second kappa shape index (κ2) is 6.09. The van der Waals surface area contributed by atoms with Gasteiger partial charge in [-0.2, -0.15) is 10.2 Å². The summed E-state index contributed by atoms with van der Waals surface area (Å²) in [5.41, 5.74) is 4.75. The van der Waals surface area contributed by atoms with Crippen LogP contribution in [0.3, 0.4) is 0 Å². The van der Waals surface area contributed by atoms with Crippen LogP contribution in [-0.4, -0.2) is 20.9 Å². The number of rotatable bonds is 4. The Bertz CT molecular complexity index is 762. The molecule has 0 aliphatic rings. The molecule has 21 heavy (non-hydrogen) atoms. The average Bonchev–Trinajstić information content (AvgIpc) is 2.56. The van der Waals surface area contributed by atoms with E-state index in [4.69, 9.17) is 0 Å². The van der Waals surface area contributed by atoms with Crippen molar-refractivity contribution in [1.82, 2.24) is 15.2 Å². The van der Waals surface area contributed by atoms with Crippen LogP contribution in [0.2, 0.25) is 0 Å². The number of benzene rings is 1. The highest BCUT2D eigenvalue weighted by Crippen LogP contribution is 2.19. The Hall–Kier alpha value is -2.82. The lowest BCUT2D eigenvalue weighted by atomic mass is 10.2. The van der Waals surface area contributed by atoms with Crippen LogP contribution in [-0.2, 0) is 0 Å². The zero-order chi connectivity index (χ0) is 14.5. The summed E-state index contributed by atoms with van der Waals surface area (Å²) in [4.78, 5) is 4.32. The van der Waals surface area contributed by atoms with Crippen LogP contribution in [0.15, 0.2) is 60.0 Å². The van der Waals surface area contributed by atoms with Crippen molar-refractivity contribution in [3.8, 4) is 0 Å². The number of hydrogen-bond acceptors (Lipinski definition) is 5. The minimum absolute atomic E-state index is 0.648. The van der Waals surface area contributed by atoms with Crippen LogP contribution >= 0.6 is 0 Å². The third-order valence-electron chi connectivity index (χ3n) is 3.16. The van der Waals surface area contributed by atoms with Crippen molar-refractivity contribution in [3.63, 3.8) is 0 Å². The van der Waals surface area contributed by atoms with E-state index in [1.54, 1.807) is 12.4 Å². The Morgan fingerprint density at radius 1 is 1.14 bits per heavy atom. The number of fused-ring (bicyclic) bond motifs is 1. The zero-order valence-electron chi connectivity index (χ0n) is 11.7. The quantitative estimate of drug-likeness (QED) is 0.587. The summed E-state index contributed by atoms with van der Waals surface area (Å²) >= 11 is 0. The molecule has 3 aromatic rings. The molecule has 5 nitrogen and oxygen atoms in total. The first kappa shape index (κ1) is 13.2. The Balaban J connectivity index is 1.93. The van der Waals surface area contributed by atoms with Gasteiger partial charge in [0, 0.05) is 17.0 Å². The average molecular weight is 277 g/mol. The van der Waals surface area contributed by atoms with Gasteiger partial charge >= 0.3 is 0 Å². The Morgan fingerprint density at radius 3 is 2.81 bits per heavy atom. The first-order valence-electron chi connectivity index (χ1n) is 6.83. The summed E-state index contributed by atoms with van der Waals surface area (Å²) < 4.78 is 0. The number of pyridine rings is 1.